The van der Waals surface area contributed by atoms with E-state index in [1.807, 2.05) is 0 Å². The van der Waals surface area contributed by atoms with Crippen LogP contribution in [0.1, 0.15) is 46.0 Å². The Morgan fingerprint density at radius 1 is 0.879 bits per heavy atom. The van der Waals surface area contributed by atoms with Crippen molar-refractivity contribution in [3.8, 4) is 0 Å². The zero-order chi connectivity index (χ0) is 25.2. The lowest BCUT2D eigenvalue weighted by molar-refractivity contribution is -0.348. The number of Topliss-reactive ketones (excluding diaryl/α,β-unsaturated/α-hetero) is 2. The number of rotatable bonds is 8. The van der Waals surface area contributed by atoms with E-state index in [0.717, 1.165) is 0 Å². The molecule has 0 amide bonds. The monoisotopic (exact) mass is 477 g/mol. The molecule has 0 aliphatic carbocycles. The number of alkyl halides is 7. The fourth-order valence-corrected chi connectivity index (χ4v) is 3.41. The molecule has 0 aromatic heterocycles. The van der Waals surface area contributed by atoms with Gasteiger partial charge in [-0.05, 0) is 49.6 Å². The predicted molar refractivity (Wildman–Crippen MR) is 109 cm³/mol. The fourth-order valence-electron chi connectivity index (χ4n) is 3.41. The number of aryl methyl sites for hydroxylation is 2. The number of ketones is 2. The van der Waals surface area contributed by atoms with E-state index in [0.29, 0.717) is 24.4 Å². The van der Waals surface area contributed by atoms with E-state index in [-0.39, 0.29) is 40.9 Å². The molecular weight excluding hydrogens is 455 g/mol. The third-order valence-electron chi connectivity index (χ3n) is 5.20. The summed E-state index contributed by atoms with van der Waals surface area (Å²) >= 11 is 0. The van der Waals surface area contributed by atoms with Crippen molar-refractivity contribution in [2.24, 2.45) is 0 Å². The fraction of sp³-hybridized carbons (Fsp3) is 0.391. The van der Waals surface area contributed by atoms with Crippen LogP contribution in [0.5, 0.6) is 0 Å². The van der Waals surface area contributed by atoms with Gasteiger partial charge in [0.1, 0.15) is 5.78 Å². The zero-order valence-corrected chi connectivity index (χ0v) is 18.0. The van der Waals surface area contributed by atoms with Gasteiger partial charge in [0.15, 0.2) is 5.78 Å². The van der Waals surface area contributed by atoms with Crippen molar-refractivity contribution < 1.29 is 40.3 Å². The van der Waals surface area contributed by atoms with Gasteiger partial charge in [-0.1, -0.05) is 24.3 Å². The van der Waals surface area contributed by atoms with Crippen LogP contribution in [0.15, 0.2) is 36.4 Å². The third kappa shape index (κ3) is 5.72. The Labute approximate surface area is 186 Å². The van der Waals surface area contributed by atoms with Gasteiger partial charge < -0.3 is 5.32 Å². The van der Waals surface area contributed by atoms with Gasteiger partial charge >= 0.3 is 18.0 Å². The molecule has 2 aromatic rings. The molecule has 3 nitrogen and oxygen atoms in total. The van der Waals surface area contributed by atoms with Crippen molar-refractivity contribution in [2.75, 3.05) is 11.9 Å². The van der Waals surface area contributed by atoms with E-state index < -0.39 is 29.4 Å². The van der Waals surface area contributed by atoms with Crippen LogP contribution in [0.2, 0.25) is 0 Å². The number of carbonyl (C=O) groups is 2. The molecule has 0 aliphatic rings. The van der Waals surface area contributed by atoms with Gasteiger partial charge in [-0.2, -0.15) is 26.3 Å². The van der Waals surface area contributed by atoms with Crippen LogP contribution in [-0.2, 0) is 16.9 Å². The van der Waals surface area contributed by atoms with Gasteiger partial charge in [-0.15, -0.1) is 0 Å². The number of hydrogen-bond donors (Lipinski definition) is 1. The van der Waals surface area contributed by atoms with Crippen molar-refractivity contribution in [2.45, 2.75) is 51.6 Å². The van der Waals surface area contributed by atoms with Gasteiger partial charge in [0.05, 0.1) is 0 Å². The Balaban J connectivity index is 2.33. The van der Waals surface area contributed by atoms with Gasteiger partial charge in [0, 0.05) is 36.2 Å². The average Bonchev–Trinajstić information content (AvgIpc) is 2.68. The smallest absolute Gasteiger partial charge is 0.385 e. The number of anilines is 1. The Bertz CT molecular complexity index is 1000. The van der Waals surface area contributed by atoms with E-state index in [1.54, 1.807) is 12.1 Å². The second-order valence-electron chi connectivity index (χ2n) is 7.80. The summed E-state index contributed by atoms with van der Waals surface area (Å²) in [5.74, 6) is -0.445. The second-order valence-corrected chi connectivity index (χ2v) is 7.80. The Morgan fingerprint density at radius 3 is 1.91 bits per heavy atom. The van der Waals surface area contributed by atoms with Crippen LogP contribution < -0.4 is 5.32 Å². The molecule has 0 fully saturated rings. The van der Waals surface area contributed by atoms with Gasteiger partial charge in [0.25, 0.3) is 0 Å². The lowest BCUT2D eigenvalue weighted by atomic mass is 9.87. The van der Waals surface area contributed by atoms with Crippen LogP contribution in [0.3, 0.4) is 0 Å². The first-order valence-electron chi connectivity index (χ1n) is 9.87. The number of halogens is 7. The Morgan fingerprint density at radius 2 is 1.42 bits per heavy atom. The van der Waals surface area contributed by atoms with Crippen molar-refractivity contribution in [3.63, 3.8) is 0 Å². The highest BCUT2D eigenvalue weighted by Crippen LogP contribution is 2.53. The van der Waals surface area contributed by atoms with E-state index >= 15 is 0 Å². The summed E-state index contributed by atoms with van der Waals surface area (Å²) in [5, 5.41) is 2.98. The first kappa shape index (κ1) is 26.3. The van der Waals surface area contributed by atoms with Crippen molar-refractivity contribution in [1.82, 2.24) is 0 Å². The maximum absolute atomic E-state index is 14.4. The molecule has 2 aromatic carbocycles. The highest BCUT2D eigenvalue weighted by molar-refractivity contribution is 5.98. The summed E-state index contributed by atoms with van der Waals surface area (Å²) in [4.78, 5) is 23.8. The topological polar surface area (TPSA) is 46.2 Å². The van der Waals surface area contributed by atoms with Gasteiger partial charge in [-0.3, -0.25) is 9.59 Å². The van der Waals surface area contributed by atoms with Gasteiger partial charge in [-0.25, -0.2) is 4.39 Å². The molecular formula is C23H22F7NO2. The maximum atomic E-state index is 14.4. The lowest BCUT2D eigenvalue weighted by Crippen LogP contribution is -2.50. The average molecular weight is 477 g/mol. The molecule has 0 radical (unpaired) electrons. The Hall–Kier alpha value is -2.91. The standard InChI is InChI=1S/C23H22F7NO2/c1-13-9-17(21(24,22(25,26)27)23(28,29)30)10-14(2)19(13)12-20(33)16-5-4-6-18(11-16)31-8-7-15(3)32/h4-6,9-11,31H,7-8,12H2,1-3H3. The maximum Gasteiger partial charge on any atom is 0.435 e. The molecule has 0 unspecified atom stereocenters. The van der Waals surface area contributed by atoms with E-state index in [1.165, 1.54) is 32.9 Å². The summed E-state index contributed by atoms with van der Waals surface area (Å²) in [5.41, 5.74) is -6.19. The number of nitrogens with one attached hydrogen (secondary N) is 1. The van der Waals surface area contributed by atoms with Crippen LogP contribution in [-0.4, -0.2) is 30.5 Å². The van der Waals surface area contributed by atoms with Crippen LogP contribution in [0.4, 0.5) is 36.4 Å². The minimum absolute atomic E-state index is 0.0162. The summed E-state index contributed by atoms with van der Waals surface area (Å²) in [6, 6.07) is 7.28. The van der Waals surface area contributed by atoms with Crippen LogP contribution >= 0.6 is 0 Å². The molecule has 0 aliphatic heterocycles. The molecule has 0 saturated carbocycles. The molecule has 0 heterocycles. The highest BCUT2D eigenvalue weighted by Gasteiger charge is 2.73. The highest BCUT2D eigenvalue weighted by atomic mass is 19.4. The van der Waals surface area contributed by atoms with E-state index in [4.69, 9.17) is 0 Å². The zero-order valence-electron chi connectivity index (χ0n) is 18.0. The van der Waals surface area contributed by atoms with Crippen molar-refractivity contribution in [3.05, 3.63) is 64.2 Å². The van der Waals surface area contributed by atoms with Crippen LogP contribution in [0, 0.1) is 13.8 Å². The van der Waals surface area contributed by atoms with Crippen LogP contribution in [0.25, 0.3) is 0 Å². The van der Waals surface area contributed by atoms with E-state index in [2.05, 4.69) is 5.32 Å². The number of carbonyl (C=O) groups excluding carboxylic acids is 2. The summed E-state index contributed by atoms with van der Waals surface area (Å²) in [6.07, 6.45) is -12.4. The number of benzene rings is 2. The lowest BCUT2D eigenvalue weighted by Gasteiger charge is -2.31. The SMILES string of the molecule is CC(=O)CCNc1cccc(C(=O)Cc2c(C)cc(C(F)(C(F)(F)F)C(F)(F)F)cc2C)c1. The molecule has 180 valence electrons. The summed E-state index contributed by atoms with van der Waals surface area (Å²) in [6.45, 7) is 4.25. The molecule has 10 heteroatoms. The summed E-state index contributed by atoms with van der Waals surface area (Å²) < 4.78 is 92.9. The first-order valence-corrected chi connectivity index (χ1v) is 9.87. The minimum atomic E-state index is -6.21. The largest absolute Gasteiger partial charge is 0.435 e. The number of hydrogen-bond acceptors (Lipinski definition) is 3. The van der Waals surface area contributed by atoms with Gasteiger partial charge in [0.2, 0.25) is 0 Å². The first-order chi connectivity index (χ1) is 15.1. The molecule has 2 rings (SSSR count). The molecule has 0 saturated heterocycles. The van der Waals surface area contributed by atoms with E-state index in [9.17, 15) is 40.3 Å². The summed E-state index contributed by atoms with van der Waals surface area (Å²) in [7, 11) is 0. The molecule has 0 spiro atoms. The Kier molecular flexibility index (Phi) is 7.60. The second kappa shape index (κ2) is 9.52. The van der Waals surface area contributed by atoms with Crippen molar-refractivity contribution >= 4 is 17.3 Å². The van der Waals surface area contributed by atoms with Crippen molar-refractivity contribution in [1.29, 1.82) is 0 Å². The molecule has 0 atom stereocenters. The normalized spacial score (nSPS) is 12.5. The minimum Gasteiger partial charge on any atom is -0.385 e. The molecule has 0 bridgehead atoms. The molecule has 1 N–H and O–H groups in total. The third-order valence-corrected chi connectivity index (χ3v) is 5.20. The molecule has 33 heavy (non-hydrogen) atoms. The quantitative estimate of drug-likeness (QED) is 0.353. The predicted octanol–water partition coefficient (Wildman–Crippen LogP) is 6.41.